The maximum atomic E-state index is 3.27. The largest absolute Gasteiger partial charge is 0.322 e. The van der Waals surface area contributed by atoms with Gasteiger partial charge in [0.15, 0.2) is 0 Å². The van der Waals surface area contributed by atoms with Crippen LogP contribution in [0.2, 0.25) is 0 Å². The van der Waals surface area contributed by atoms with Gasteiger partial charge in [0, 0.05) is 21.8 Å². The molecular formula is C13H12BrN. The van der Waals surface area contributed by atoms with Gasteiger partial charge in [-0.05, 0) is 23.6 Å². The van der Waals surface area contributed by atoms with Crippen LogP contribution in [-0.2, 0) is 6.42 Å². The van der Waals surface area contributed by atoms with Gasteiger partial charge < -0.3 is 4.34 Å². The van der Waals surface area contributed by atoms with Crippen molar-refractivity contribution in [1.82, 2.24) is 0 Å². The van der Waals surface area contributed by atoms with Crippen molar-refractivity contribution in [2.45, 2.75) is 6.42 Å². The second-order valence-electron chi connectivity index (χ2n) is 3.41. The lowest BCUT2D eigenvalue weighted by molar-refractivity contribution is 1.20. The van der Waals surface area contributed by atoms with Crippen LogP contribution in [0.25, 0.3) is 0 Å². The Hall–Kier alpha value is -1.28. The number of anilines is 1. The van der Waals surface area contributed by atoms with Gasteiger partial charge in [-0.25, -0.2) is 0 Å². The first-order valence-electron chi connectivity index (χ1n) is 4.88. The third-order valence-electron chi connectivity index (χ3n) is 2.36. The number of benzene rings is 2. The Morgan fingerprint density at radius 1 is 0.867 bits per heavy atom. The first kappa shape index (κ1) is 10.2. The van der Waals surface area contributed by atoms with Gasteiger partial charge in [0.25, 0.3) is 0 Å². The smallest absolute Gasteiger partial charge is 0.0476 e. The predicted molar refractivity (Wildman–Crippen MR) is 68.2 cm³/mol. The van der Waals surface area contributed by atoms with Crippen LogP contribution in [0.1, 0.15) is 11.1 Å². The summed E-state index contributed by atoms with van der Waals surface area (Å²) in [6.45, 7) is 0. The van der Waals surface area contributed by atoms with E-state index >= 15 is 0 Å². The van der Waals surface area contributed by atoms with Crippen LogP contribution in [0, 0.1) is 0 Å². The second-order valence-corrected chi connectivity index (χ2v) is 3.81. The maximum absolute atomic E-state index is 3.27. The van der Waals surface area contributed by atoms with Gasteiger partial charge in [0.05, 0.1) is 0 Å². The van der Waals surface area contributed by atoms with E-state index in [2.05, 4.69) is 63.0 Å². The Balaban J connectivity index is 2.24. The minimum Gasteiger partial charge on any atom is -0.322 e. The van der Waals surface area contributed by atoms with E-state index in [1.807, 2.05) is 12.1 Å². The molecule has 0 heterocycles. The third kappa shape index (κ3) is 2.60. The molecule has 0 aliphatic rings. The van der Waals surface area contributed by atoms with Crippen LogP contribution in [0.5, 0.6) is 0 Å². The van der Waals surface area contributed by atoms with Gasteiger partial charge in [0.1, 0.15) is 0 Å². The number of halogens is 1. The zero-order valence-electron chi connectivity index (χ0n) is 8.28. The molecule has 0 spiro atoms. The molecule has 0 amide bonds. The molecule has 0 fully saturated rings. The first-order valence-corrected chi connectivity index (χ1v) is 5.68. The number of rotatable bonds is 3. The fraction of sp³-hybridized carbons (Fsp3) is 0.0769. The summed E-state index contributed by atoms with van der Waals surface area (Å²) >= 11 is 3.27. The number of hydrogen-bond acceptors (Lipinski definition) is 1. The highest BCUT2D eigenvalue weighted by Crippen LogP contribution is 2.19. The highest BCUT2D eigenvalue weighted by Gasteiger charge is 2.00. The Kier molecular flexibility index (Phi) is 3.41. The monoisotopic (exact) mass is 261 g/mol. The minimum absolute atomic E-state index is 0.954. The van der Waals surface area contributed by atoms with Crippen molar-refractivity contribution in [3.8, 4) is 0 Å². The molecule has 1 N–H and O–H groups in total. The molecule has 0 radical (unpaired) electrons. The number of hydrogen-bond donors (Lipinski definition) is 1. The van der Waals surface area contributed by atoms with Crippen molar-refractivity contribution < 1.29 is 0 Å². The summed E-state index contributed by atoms with van der Waals surface area (Å²) < 4.78 is 3.03. The zero-order chi connectivity index (χ0) is 10.5. The molecule has 0 saturated heterocycles. The van der Waals surface area contributed by atoms with Crippen molar-refractivity contribution >= 4 is 21.8 Å². The van der Waals surface area contributed by atoms with Crippen molar-refractivity contribution in [3.63, 3.8) is 0 Å². The highest BCUT2D eigenvalue weighted by molar-refractivity contribution is 9.10. The predicted octanol–water partition coefficient (Wildman–Crippen LogP) is 4.00. The quantitative estimate of drug-likeness (QED) is 0.824. The molecule has 76 valence electrons. The Morgan fingerprint density at radius 2 is 1.53 bits per heavy atom. The van der Waals surface area contributed by atoms with E-state index in [-0.39, 0.29) is 0 Å². The van der Waals surface area contributed by atoms with Crippen LogP contribution in [0.4, 0.5) is 5.69 Å². The van der Waals surface area contributed by atoms with Crippen LogP contribution in [-0.4, -0.2) is 0 Å². The topological polar surface area (TPSA) is 12.0 Å². The molecule has 2 rings (SSSR count). The molecule has 0 unspecified atom stereocenters. The molecule has 15 heavy (non-hydrogen) atoms. The Morgan fingerprint density at radius 3 is 2.27 bits per heavy atom. The molecule has 2 aromatic rings. The number of nitrogens with one attached hydrogen (secondary N) is 1. The molecule has 0 saturated carbocycles. The summed E-state index contributed by atoms with van der Waals surface area (Å²) in [6.07, 6.45) is 0.954. The molecule has 0 aliphatic carbocycles. The van der Waals surface area contributed by atoms with Crippen molar-refractivity contribution in [1.29, 1.82) is 0 Å². The molecule has 0 atom stereocenters. The number of para-hydroxylation sites is 1. The molecule has 2 heteroatoms. The van der Waals surface area contributed by atoms with Gasteiger partial charge in [-0.15, -0.1) is 0 Å². The molecule has 0 bridgehead atoms. The van der Waals surface area contributed by atoms with E-state index in [4.69, 9.17) is 0 Å². The van der Waals surface area contributed by atoms with E-state index in [1.165, 1.54) is 11.1 Å². The van der Waals surface area contributed by atoms with Gasteiger partial charge in [0.2, 0.25) is 0 Å². The first-order chi connectivity index (χ1) is 7.40. The molecule has 2 aromatic carbocycles. The van der Waals surface area contributed by atoms with Crippen LogP contribution >= 0.6 is 16.1 Å². The standard InChI is InChI=1S/C13H12BrN/c14-15-13-9-5-4-8-12(13)10-11-6-2-1-3-7-11/h1-9,15H,10H2. The lowest BCUT2D eigenvalue weighted by Crippen LogP contribution is -1.92. The Labute approximate surface area is 98.5 Å². The molecule has 1 nitrogen and oxygen atoms in total. The van der Waals surface area contributed by atoms with E-state index in [9.17, 15) is 0 Å². The van der Waals surface area contributed by atoms with E-state index in [0.717, 1.165) is 12.1 Å². The van der Waals surface area contributed by atoms with Gasteiger partial charge in [-0.1, -0.05) is 48.5 Å². The summed E-state index contributed by atoms with van der Waals surface area (Å²) in [7, 11) is 0. The van der Waals surface area contributed by atoms with Gasteiger partial charge in [-0.3, -0.25) is 0 Å². The van der Waals surface area contributed by atoms with Crippen molar-refractivity contribution in [2.24, 2.45) is 0 Å². The normalized spacial score (nSPS) is 9.93. The fourth-order valence-corrected chi connectivity index (χ4v) is 1.97. The zero-order valence-corrected chi connectivity index (χ0v) is 9.87. The molecular weight excluding hydrogens is 250 g/mol. The van der Waals surface area contributed by atoms with E-state index < -0.39 is 0 Å². The van der Waals surface area contributed by atoms with Gasteiger partial charge >= 0.3 is 0 Å². The summed E-state index contributed by atoms with van der Waals surface area (Å²) in [4.78, 5) is 0. The summed E-state index contributed by atoms with van der Waals surface area (Å²) in [6, 6.07) is 18.8. The fourth-order valence-electron chi connectivity index (χ4n) is 1.58. The van der Waals surface area contributed by atoms with Gasteiger partial charge in [-0.2, -0.15) is 0 Å². The lowest BCUT2D eigenvalue weighted by Gasteiger charge is -2.07. The van der Waals surface area contributed by atoms with Crippen molar-refractivity contribution in [3.05, 3.63) is 65.7 Å². The third-order valence-corrected chi connectivity index (χ3v) is 2.78. The molecule has 0 aliphatic heterocycles. The maximum Gasteiger partial charge on any atom is 0.0476 e. The molecule has 0 aromatic heterocycles. The van der Waals surface area contributed by atoms with E-state index in [0.29, 0.717) is 0 Å². The van der Waals surface area contributed by atoms with Crippen molar-refractivity contribution in [2.75, 3.05) is 4.34 Å². The Bertz CT molecular complexity index is 426. The lowest BCUT2D eigenvalue weighted by atomic mass is 10.0. The average Bonchev–Trinajstić information content (AvgIpc) is 2.31. The summed E-state index contributed by atoms with van der Waals surface area (Å²) in [5.41, 5.74) is 3.75. The van der Waals surface area contributed by atoms with Crippen LogP contribution in [0.15, 0.2) is 54.6 Å². The summed E-state index contributed by atoms with van der Waals surface area (Å²) in [5, 5.41) is 0. The second kappa shape index (κ2) is 4.99. The minimum atomic E-state index is 0.954. The average molecular weight is 262 g/mol. The SMILES string of the molecule is BrNc1ccccc1Cc1ccccc1. The van der Waals surface area contributed by atoms with E-state index in [1.54, 1.807) is 0 Å². The summed E-state index contributed by atoms with van der Waals surface area (Å²) in [5.74, 6) is 0. The van der Waals surface area contributed by atoms with Crippen LogP contribution < -0.4 is 4.34 Å². The highest BCUT2D eigenvalue weighted by atomic mass is 79.9. The van der Waals surface area contributed by atoms with Crippen LogP contribution in [0.3, 0.4) is 0 Å².